The molecule has 1 aromatic heterocycles. The van der Waals surface area contributed by atoms with E-state index >= 15 is 0 Å². The number of likely N-dealkylation sites (N-methyl/N-ethyl adjacent to an activating group) is 1. The summed E-state index contributed by atoms with van der Waals surface area (Å²) in [7, 11) is 2.85. The summed E-state index contributed by atoms with van der Waals surface area (Å²) in [5, 5.41) is 6.55. The molecule has 2 rings (SSSR count). The topological polar surface area (TPSA) is 56.3 Å². The van der Waals surface area contributed by atoms with Crippen LogP contribution in [0.4, 0.5) is 18.9 Å². The van der Waals surface area contributed by atoms with Crippen molar-refractivity contribution in [3.63, 3.8) is 0 Å². The molecule has 25 heavy (non-hydrogen) atoms. The standard InChI is InChI=1S/C14H15ClF3N5OS/c1-21(7-11(24)19-10-6-4-3-5-9(10)15)8-23-13(25)22(2)12(20-23)14(16,17)18/h3-6H,7-8H2,1-2H3,(H,19,24)/p+1. The average molecular weight is 395 g/mol. The second kappa shape index (κ2) is 7.54. The summed E-state index contributed by atoms with van der Waals surface area (Å²) >= 11 is 10.9. The fraction of sp³-hybridized carbons (Fsp3) is 0.357. The van der Waals surface area contributed by atoms with Gasteiger partial charge in [0, 0.05) is 7.05 Å². The molecule has 2 aromatic rings. The number of halogens is 4. The number of quaternary nitrogens is 1. The van der Waals surface area contributed by atoms with Crippen LogP contribution in [0.15, 0.2) is 24.3 Å². The molecule has 0 spiro atoms. The lowest BCUT2D eigenvalue weighted by atomic mass is 10.3. The summed E-state index contributed by atoms with van der Waals surface area (Å²) < 4.78 is 40.3. The highest BCUT2D eigenvalue weighted by Gasteiger charge is 2.37. The number of rotatable bonds is 5. The number of para-hydroxylation sites is 1. The summed E-state index contributed by atoms with van der Waals surface area (Å²) in [5.74, 6) is -1.41. The van der Waals surface area contributed by atoms with Gasteiger partial charge in [0.15, 0.2) is 13.2 Å². The average Bonchev–Trinajstić information content (AvgIpc) is 2.77. The fourth-order valence-corrected chi connectivity index (χ4v) is 2.56. The first-order valence-electron chi connectivity index (χ1n) is 7.16. The van der Waals surface area contributed by atoms with Gasteiger partial charge in [0.1, 0.15) is 0 Å². The van der Waals surface area contributed by atoms with Gasteiger partial charge in [-0.1, -0.05) is 23.7 Å². The maximum atomic E-state index is 12.8. The van der Waals surface area contributed by atoms with Crippen molar-refractivity contribution in [3.05, 3.63) is 39.9 Å². The Bertz CT molecular complexity index is 833. The van der Waals surface area contributed by atoms with Crippen molar-refractivity contribution in [2.24, 2.45) is 7.05 Å². The molecule has 11 heteroatoms. The smallest absolute Gasteiger partial charge is 0.320 e. The summed E-state index contributed by atoms with van der Waals surface area (Å²) in [4.78, 5) is 12.7. The van der Waals surface area contributed by atoms with E-state index in [1.54, 1.807) is 31.3 Å². The molecule has 1 amide bonds. The summed E-state index contributed by atoms with van der Waals surface area (Å²) in [6.45, 7) is 0.0175. The summed E-state index contributed by atoms with van der Waals surface area (Å²) in [6, 6.07) is 6.75. The zero-order valence-electron chi connectivity index (χ0n) is 13.4. The van der Waals surface area contributed by atoms with E-state index in [0.717, 1.165) is 9.25 Å². The molecule has 0 aliphatic heterocycles. The molecule has 1 heterocycles. The Morgan fingerprint density at radius 1 is 1.40 bits per heavy atom. The molecule has 1 unspecified atom stereocenters. The van der Waals surface area contributed by atoms with Gasteiger partial charge in [0.05, 0.1) is 17.8 Å². The molecular weight excluding hydrogens is 379 g/mol. The summed E-state index contributed by atoms with van der Waals surface area (Å²) in [5.41, 5.74) is 0.468. The fourth-order valence-electron chi connectivity index (χ4n) is 2.18. The van der Waals surface area contributed by atoms with Crippen LogP contribution in [-0.2, 0) is 24.7 Å². The van der Waals surface area contributed by atoms with Crippen molar-refractivity contribution < 1.29 is 22.9 Å². The molecule has 0 saturated carbocycles. The van der Waals surface area contributed by atoms with E-state index in [-0.39, 0.29) is 23.9 Å². The molecule has 1 atom stereocenters. The molecule has 0 saturated heterocycles. The van der Waals surface area contributed by atoms with E-state index in [1.165, 1.54) is 7.05 Å². The Kier molecular flexibility index (Phi) is 5.86. The van der Waals surface area contributed by atoms with Crippen LogP contribution in [0.2, 0.25) is 5.02 Å². The van der Waals surface area contributed by atoms with E-state index < -0.39 is 12.0 Å². The quantitative estimate of drug-likeness (QED) is 0.759. The van der Waals surface area contributed by atoms with Crippen LogP contribution in [0, 0.1) is 4.77 Å². The van der Waals surface area contributed by atoms with Crippen LogP contribution in [0.25, 0.3) is 0 Å². The van der Waals surface area contributed by atoms with E-state index in [9.17, 15) is 18.0 Å². The van der Waals surface area contributed by atoms with E-state index in [4.69, 9.17) is 23.8 Å². The first-order chi connectivity index (χ1) is 11.6. The van der Waals surface area contributed by atoms with Crippen molar-refractivity contribution in [2.45, 2.75) is 12.8 Å². The number of carbonyl (C=O) groups is 1. The monoisotopic (exact) mass is 394 g/mol. The number of carbonyl (C=O) groups excluding carboxylic acids is 1. The van der Waals surface area contributed by atoms with Crippen LogP contribution in [0.1, 0.15) is 5.82 Å². The van der Waals surface area contributed by atoms with Crippen molar-refractivity contribution in [1.29, 1.82) is 0 Å². The third-order valence-electron chi connectivity index (χ3n) is 3.32. The number of nitrogens with zero attached hydrogens (tertiary/aromatic N) is 3. The minimum atomic E-state index is -4.59. The number of anilines is 1. The lowest BCUT2D eigenvalue weighted by Gasteiger charge is -2.14. The Labute approximate surface area is 151 Å². The first kappa shape index (κ1) is 19.4. The molecule has 0 radical (unpaired) electrons. The van der Waals surface area contributed by atoms with E-state index in [1.807, 2.05) is 0 Å². The molecule has 0 aliphatic rings. The van der Waals surface area contributed by atoms with Crippen LogP contribution < -0.4 is 10.2 Å². The van der Waals surface area contributed by atoms with Gasteiger partial charge < -0.3 is 10.2 Å². The van der Waals surface area contributed by atoms with Gasteiger partial charge >= 0.3 is 6.18 Å². The Morgan fingerprint density at radius 2 is 2.04 bits per heavy atom. The Balaban J connectivity index is 2.03. The highest BCUT2D eigenvalue weighted by Crippen LogP contribution is 2.27. The number of amides is 1. The predicted molar refractivity (Wildman–Crippen MR) is 88.9 cm³/mol. The van der Waals surface area contributed by atoms with Crippen molar-refractivity contribution in [3.8, 4) is 0 Å². The van der Waals surface area contributed by atoms with E-state index in [0.29, 0.717) is 15.6 Å². The second-order valence-corrected chi connectivity index (χ2v) is 6.25. The van der Waals surface area contributed by atoms with Gasteiger partial charge in [-0.25, -0.2) is 0 Å². The normalized spacial score (nSPS) is 12.9. The molecule has 1 aromatic carbocycles. The number of alkyl halides is 3. The lowest BCUT2D eigenvalue weighted by molar-refractivity contribution is -0.895. The number of hydrogen-bond acceptors (Lipinski definition) is 3. The lowest BCUT2D eigenvalue weighted by Crippen LogP contribution is -3.09. The maximum absolute atomic E-state index is 12.8. The predicted octanol–water partition coefficient (Wildman–Crippen LogP) is 1.73. The molecular formula is C14H16ClF3N5OS+. The zero-order valence-corrected chi connectivity index (χ0v) is 15.0. The molecule has 0 aliphatic carbocycles. The SMILES string of the molecule is Cn1c(C(F)(F)F)nn(C[NH+](C)CC(=O)Nc2ccccc2Cl)c1=S. The molecule has 0 fully saturated rings. The van der Waals surface area contributed by atoms with Gasteiger partial charge in [0.2, 0.25) is 10.6 Å². The van der Waals surface area contributed by atoms with Gasteiger partial charge in [-0.3, -0.25) is 9.36 Å². The molecule has 6 nitrogen and oxygen atoms in total. The van der Waals surface area contributed by atoms with Gasteiger partial charge in [-0.05, 0) is 24.4 Å². The van der Waals surface area contributed by atoms with E-state index in [2.05, 4.69) is 10.4 Å². The van der Waals surface area contributed by atoms with Crippen molar-refractivity contribution >= 4 is 35.4 Å². The molecule has 136 valence electrons. The number of aromatic nitrogens is 3. The Morgan fingerprint density at radius 3 is 2.60 bits per heavy atom. The zero-order chi connectivity index (χ0) is 18.8. The number of benzene rings is 1. The largest absolute Gasteiger partial charge is 0.451 e. The highest BCUT2D eigenvalue weighted by molar-refractivity contribution is 7.71. The maximum Gasteiger partial charge on any atom is 0.451 e. The number of nitrogens with one attached hydrogen (secondary N) is 2. The highest BCUT2D eigenvalue weighted by atomic mass is 35.5. The van der Waals surface area contributed by atoms with Gasteiger partial charge in [0.25, 0.3) is 5.91 Å². The van der Waals surface area contributed by atoms with Gasteiger partial charge in [-0.2, -0.15) is 17.9 Å². The summed E-state index contributed by atoms with van der Waals surface area (Å²) in [6.07, 6.45) is -4.59. The number of hydrogen-bond donors (Lipinski definition) is 2. The van der Waals surface area contributed by atoms with Gasteiger partial charge in [-0.15, -0.1) is 5.10 Å². The van der Waals surface area contributed by atoms with Crippen LogP contribution >= 0.6 is 23.8 Å². The minimum Gasteiger partial charge on any atom is -0.320 e. The minimum absolute atomic E-state index is 0.00488. The molecule has 0 bridgehead atoms. The van der Waals surface area contributed by atoms with Crippen LogP contribution in [0.3, 0.4) is 0 Å². The van der Waals surface area contributed by atoms with Crippen molar-refractivity contribution in [2.75, 3.05) is 18.9 Å². The van der Waals surface area contributed by atoms with Crippen LogP contribution in [-0.4, -0.2) is 33.8 Å². The molecule has 2 N–H and O–H groups in total. The second-order valence-electron chi connectivity index (χ2n) is 5.48. The third kappa shape index (κ3) is 4.80. The third-order valence-corrected chi connectivity index (χ3v) is 4.14. The first-order valence-corrected chi connectivity index (χ1v) is 7.95. The Hall–Kier alpha value is -1.91. The van der Waals surface area contributed by atoms with Crippen LogP contribution in [0.5, 0.6) is 0 Å². The van der Waals surface area contributed by atoms with Crippen molar-refractivity contribution in [1.82, 2.24) is 14.3 Å².